The second-order valence-electron chi connectivity index (χ2n) is 6.39. The van der Waals surface area contributed by atoms with Crippen molar-refractivity contribution in [1.29, 1.82) is 0 Å². The molecule has 1 fully saturated rings. The van der Waals surface area contributed by atoms with E-state index in [-0.39, 0.29) is 23.7 Å². The van der Waals surface area contributed by atoms with Crippen molar-refractivity contribution in [3.8, 4) is 0 Å². The lowest BCUT2D eigenvalue weighted by Crippen LogP contribution is -2.58. The molecule has 5 heteroatoms. The van der Waals surface area contributed by atoms with E-state index < -0.39 is 0 Å². The maximum atomic E-state index is 12.1. The Bertz CT molecular complexity index is 466. The molecule has 1 N–H and O–H groups in total. The first kappa shape index (κ1) is 15.9. The molecule has 1 amide bonds. The number of pyridine rings is 1. The van der Waals surface area contributed by atoms with Crippen LogP contribution in [0.3, 0.4) is 0 Å². The van der Waals surface area contributed by atoms with Gasteiger partial charge < -0.3 is 10.1 Å². The summed E-state index contributed by atoms with van der Waals surface area (Å²) >= 11 is 0. The number of ether oxygens (including phenoxy) is 1. The lowest BCUT2D eigenvalue weighted by atomic mass is 10.00. The van der Waals surface area contributed by atoms with Gasteiger partial charge in [0.25, 0.3) is 5.91 Å². The minimum absolute atomic E-state index is 0.0557. The van der Waals surface area contributed by atoms with Crippen LogP contribution in [0, 0.1) is 0 Å². The molecule has 0 aliphatic carbocycles. The van der Waals surface area contributed by atoms with Gasteiger partial charge >= 0.3 is 0 Å². The van der Waals surface area contributed by atoms with E-state index >= 15 is 0 Å². The highest BCUT2D eigenvalue weighted by Crippen LogP contribution is 2.20. The Morgan fingerprint density at radius 2 is 1.90 bits per heavy atom. The number of carbonyl (C=O) groups is 1. The van der Waals surface area contributed by atoms with Crippen LogP contribution < -0.4 is 5.32 Å². The summed E-state index contributed by atoms with van der Waals surface area (Å²) in [5, 5.41) is 3.02. The van der Waals surface area contributed by atoms with Gasteiger partial charge in [0.05, 0.1) is 12.2 Å². The van der Waals surface area contributed by atoms with Crippen LogP contribution in [0.4, 0.5) is 0 Å². The molecular weight excluding hydrogens is 266 g/mol. The summed E-state index contributed by atoms with van der Waals surface area (Å²) in [7, 11) is 0. The third kappa shape index (κ3) is 4.25. The average molecular weight is 291 g/mol. The summed E-state index contributed by atoms with van der Waals surface area (Å²) in [4.78, 5) is 18.4. The zero-order valence-electron chi connectivity index (χ0n) is 13.3. The third-order valence-corrected chi connectivity index (χ3v) is 3.90. The van der Waals surface area contributed by atoms with Crippen molar-refractivity contribution >= 4 is 5.91 Å². The molecule has 5 nitrogen and oxygen atoms in total. The molecule has 1 aliphatic heterocycles. The number of morpholine rings is 1. The van der Waals surface area contributed by atoms with Crippen LogP contribution in [-0.2, 0) is 4.74 Å². The van der Waals surface area contributed by atoms with Gasteiger partial charge in [-0.3, -0.25) is 14.7 Å². The molecule has 1 saturated heterocycles. The predicted octanol–water partition coefficient (Wildman–Crippen LogP) is 1.70. The fraction of sp³-hybridized carbons (Fsp3) is 0.625. The fourth-order valence-corrected chi connectivity index (χ4v) is 2.69. The molecule has 2 atom stereocenters. The molecule has 0 saturated carbocycles. The molecule has 1 aliphatic rings. The molecule has 1 aromatic rings. The SMILES string of the molecule is C[C@@H]1CN(C(C)(C)CNC(=O)c2ccncc2)C[C@H](C)O1. The number of nitrogens with one attached hydrogen (secondary N) is 1. The normalized spacial score (nSPS) is 23.8. The summed E-state index contributed by atoms with van der Waals surface area (Å²) in [5.74, 6) is -0.0557. The molecule has 2 heterocycles. The predicted molar refractivity (Wildman–Crippen MR) is 82.2 cm³/mol. The molecule has 1 aromatic heterocycles. The Hall–Kier alpha value is -1.46. The summed E-state index contributed by atoms with van der Waals surface area (Å²) in [6.07, 6.45) is 3.71. The highest BCUT2D eigenvalue weighted by atomic mass is 16.5. The lowest BCUT2D eigenvalue weighted by molar-refractivity contribution is -0.0948. The van der Waals surface area contributed by atoms with Gasteiger partial charge in [-0.1, -0.05) is 0 Å². The lowest BCUT2D eigenvalue weighted by Gasteiger charge is -2.45. The van der Waals surface area contributed by atoms with Crippen LogP contribution in [0.2, 0.25) is 0 Å². The average Bonchev–Trinajstić information content (AvgIpc) is 2.45. The summed E-state index contributed by atoms with van der Waals surface area (Å²) < 4.78 is 5.77. The molecule has 0 spiro atoms. The van der Waals surface area contributed by atoms with Crippen molar-refractivity contribution < 1.29 is 9.53 Å². The van der Waals surface area contributed by atoms with Crippen LogP contribution in [-0.4, -0.2) is 53.2 Å². The molecule has 0 bridgehead atoms. The van der Waals surface area contributed by atoms with Crippen molar-refractivity contribution in [3.63, 3.8) is 0 Å². The van der Waals surface area contributed by atoms with E-state index in [2.05, 4.69) is 42.9 Å². The smallest absolute Gasteiger partial charge is 0.251 e. The molecule has 2 rings (SSSR count). The van der Waals surface area contributed by atoms with Crippen molar-refractivity contribution in [2.24, 2.45) is 0 Å². The minimum atomic E-state index is -0.102. The molecule has 0 aromatic carbocycles. The van der Waals surface area contributed by atoms with Crippen LogP contribution >= 0.6 is 0 Å². The van der Waals surface area contributed by atoms with Crippen LogP contribution in [0.5, 0.6) is 0 Å². The summed E-state index contributed by atoms with van der Waals surface area (Å²) in [6, 6.07) is 3.45. The zero-order chi connectivity index (χ0) is 15.5. The van der Waals surface area contributed by atoms with E-state index in [4.69, 9.17) is 4.74 Å². The van der Waals surface area contributed by atoms with Gasteiger partial charge in [-0.15, -0.1) is 0 Å². The third-order valence-electron chi connectivity index (χ3n) is 3.90. The number of hydrogen-bond acceptors (Lipinski definition) is 4. The zero-order valence-corrected chi connectivity index (χ0v) is 13.3. The van der Waals surface area contributed by atoms with E-state index in [1.54, 1.807) is 24.5 Å². The second kappa shape index (κ2) is 6.54. The summed E-state index contributed by atoms with van der Waals surface area (Å²) in [5.41, 5.74) is 0.541. The van der Waals surface area contributed by atoms with Crippen molar-refractivity contribution in [3.05, 3.63) is 30.1 Å². The number of amides is 1. The Balaban J connectivity index is 1.93. The van der Waals surface area contributed by atoms with E-state index in [0.29, 0.717) is 12.1 Å². The van der Waals surface area contributed by atoms with E-state index in [1.165, 1.54) is 0 Å². The number of nitrogens with zero attached hydrogens (tertiary/aromatic N) is 2. The van der Waals surface area contributed by atoms with Crippen LogP contribution in [0.1, 0.15) is 38.1 Å². The molecule has 116 valence electrons. The largest absolute Gasteiger partial charge is 0.373 e. The topological polar surface area (TPSA) is 54.5 Å². The highest BCUT2D eigenvalue weighted by molar-refractivity contribution is 5.94. The maximum absolute atomic E-state index is 12.1. The van der Waals surface area contributed by atoms with Gasteiger partial charge in [0.2, 0.25) is 0 Å². The quantitative estimate of drug-likeness (QED) is 0.917. The van der Waals surface area contributed by atoms with Crippen molar-refractivity contribution in [2.45, 2.75) is 45.4 Å². The summed E-state index contributed by atoms with van der Waals surface area (Å²) in [6.45, 7) is 10.9. The first-order valence-electron chi connectivity index (χ1n) is 7.47. The van der Waals surface area contributed by atoms with Crippen LogP contribution in [0.15, 0.2) is 24.5 Å². The van der Waals surface area contributed by atoms with Gasteiger partial charge in [0.15, 0.2) is 0 Å². The van der Waals surface area contributed by atoms with E-state index in [1.807, 2.05) is 0 Å². The van der Waals surface area contributed by atoms with Gasteiger partial charge in [-0.2, -0.15) is 0 Å². The standard InChI is InChI=1S/C16H25N3O2/c1-12-9-19(10-13(2)21-12)16(3,4)11-18-15(20)14-5-7-17-8-6-14/h5-8,12-13H,9-11H2,1-4H3,(H,18,20)/t12-,13+. The Morgan fingerprint density at radius 3 is 2.48 bits per heavy atom. The van der Waals surface area contributed by atoms with Gasteiger partial charge in [-0.05, 0) is 39.8 Å². The van der Waals surface area contributed by atoms with Crippen LogP contribution in [0.25, 0.3) is 0 Å². The monoisotopic (exact) mass is 291 g/mol. The van der Waals surface area contributed by atoms with E-state index in [9.17, 15) is 4.79 Å². The molecule has 0 unspecified atom stereocenters. The first-order chi connectivity index (χ1) is 9.88. The Labute approximate surface area is 126 Å². The van der Waals surface area contributed by atoms with Crippen molar-refractivity contribution in [1.82, 2.24) is 15.2 Å². The van der Waals surface area contributed by atoms with Crippen molar-refractivity contribution in [2.75, 3.05) is 19.6 Å². The Morgan fingerprint density at radius 1 is 1.33 bits per heavy atom. The number of aromatic nitrogens is 1. The van der Waals surface area contributed by atoms with Gasteiger partial charge in [0.1, 0.15) is 0 Å². The maximum Gasteiger partial charge on any atom is 0.251 e. The van der Waals surface area contributed by atoms with Gasteiger partial charge in [-0.25, -0.2) is 0 Å². The minimum Gasteiger partial charge on any atom is -0.373 e. The van der Waals surface area contributed by atoms with E-state index in [0.717, 1.165) is 13.1 Å². The first-order valence-corrected chi connectivity index (χ1v) is 7.47. The Kier molecular flexibility index (Phi) is 4.96. The number of hydrogen-bond donors (Lipinski definition) is 1. The number of rotatable bonds is 4. The second-order valence-corrected chi connectivity index (χ2v) is 6.39. The molecule has 21 heavy (non-hydrogen) atoms. The van der Waals surface area contributed by atoms with Gasteiger partial charge in [0, 0.05) is 43.1 Å². The molecular formula is C16H25N3O2. The molecule has 0 radical (unpaired) electrons. The number of carbonyl (C=O) groups excluding carboxylic acids is 1. The fourth-order valence-electron chi connectivity index (χ4n) is 2.69. The highest BCUT2D eigenvalue weighted by Gasteiger charge is 2.33.